The molecule has 0 saturated carbocycles. The number of nitrogens with two attached hydrogens (primary N) is 1. The van der Waals surface area contributed by atoms with Gasteiger partial charge in [-0.15, -0.1) is 0 Å². The molecule has 3 heteroatoms. The maximum absolute atomic E-state index is 10.7. The molecule has 0 radical (unpaired) electrons. The van der Waals surface area contributed by atoms with Crippen LogP contribution in [0.3, 0.4) is 0 Å². The quantitative estimate of drug-likeness (QED) is 0.612. The Labute approximate surface area is 59.1 Å². The number of aromatic nitrogens is 1. The van der Waals surface area contributed by atoms with E-state index in [2.05, 4.69) is 0 Å². The molecule has 0 saturated heterocycles. The maximum atomic E-state index is 10.7. The van der Waals surface area contributed by atoms with E-state index in [4.69, 9.17) is 5.73 Å². The van der Waals surface area contributed by atoms with Crippen molar-refractivity contribution in [3.05, 3.63) is 28.7 Å². The Hall–Kier alpha value is -1.25. The van der Waals surface area contributed by atoms with Gasteiger partial charge < -0.3 is 10.3 Å². The van der Waals surface area contributed by atoms with Crippen LogP contribution in [0.4, 0.5) is 5.69 Å². The van der Waals surface area contributed by atoms with E-state index in [1.54, 1.807) is 12.4 Å². The lowest BCUT2D eigenvalue weighted by molar-refractivity contribution is 0.756. The summed E-state index contributed by atoms with van der Waals surface area (Å²) < 4.78 is 1.86. The minimum absolute atomic E-state index is 0.107. The number of rotatable bonds is 1. The number of hydrogen-bond acceptors (Lipinski definition) is 2. The summed E-state index contributed by atoms with van der Waals surface area (Å²) in [7, 11) is 0. The van der Waals surface area contributed by atoms with Crippen molar-refractivity contribution in [3.8, 4) is 0 Å². The van der Waals surface area contributed by atoms with Crippen molar-refractivity contribution in [2.75, 3.05) is 5.73 Å². The van der Waals surface area contributed by atoms with Crippen LogP contribution in [0.15, 0.2) is 23.3 Å². The largest absolute Gasteiger partial charge is 0.394 e. The van der Waals surface area contributed by atoms with Crippen LogP contribution in [0.1, 0.15) is 6.92 Å². The van der Waals surface area contributed by atoms with Gasteiger partial charge in [0.1, 0.15) is 0 Å². The van der Waals surface area contributed by atoms with Gasteiger partial charge in [-0.25, -0.2) is 0 Å². The molecular weight excluding hydrogens is 128 g/mol. The lowest BCUT2D eigenvalue weighted by Gasteiger charge is -2.00. The molecule has 1 aromatic heterocycles. The molecule has 1 aromatic rings. The van der Waals surface area contributed by atoms with Gasteiger partial charge in [-0.2, -0.15) is 0 Å². The second-order valence-electron chi connectivity index (χ2n) is 2.09. The molecule has 0 aliphatic carbocycles. The summed E-state index contributed by atoms with van der Waals surface area (Å²) in [6.45, 7) is 2.83. The Morgan fingerprint density at radius 3 is 2.90 bits per heavy atom. The number of aryl methyl sites for hydroxylation is 1. The van der Waals surface area contributed by atoms with Crippen molar-refractivity contribution in [1.82, 2.24) is 4.57 Å². The number of nitrogens with zero attached hydrogens (tertiary/aromatic N) is 1. The van der Waals surface area contributed by atoms with E-state index in [0.29, 0.717) is 5.69 Å². The first-order chi connectivity index (χ1) is 4.74. The molecule has 3 nitrogen and oxygen atoms in total. The summed E-state index contributed by atoms with van der Waals surface area (Å²) in [4.78, 5) is 10.7. The monoisotopic (exact) mass is 138 g/mol. The molecule has 0 unspecified atom stereocenters. The third kappa shape index (κ3) is 1.18. The zero-order valence-corrected chi connectivity index (χ0v) is 5.87. The molecule has 2 N–H and O–H groups in total. The van der Waals surface area contributed by atoms with Crippen molar-refractivity contribution in [2.24, 2.45) is 0 Å². The zero-order chi connectivity index (χ0) is 7.56. The van der Waals surface area contributed by atoms with Crippen LogP contribution in [0, 0.1) is 0 Å². The van der Waals surface area contributed by atoms with Crippen molar-refractivity contribution < 1.29 is 0 Å². The van der Waals surface area contributed by atoms with Crippen LogP contribution >= 0.6 is 0 Å². The first-order valence-electron chi connectivity index (χ1n) is 3.19. The molecule has 54 valence electrons. The fraction of sp³-hybridized carbons (Fsp3) is 0.286. The molecule has 0 aliphatic heterocycles. The number of nitrogen functional groups attached to an aromatic ring is 1. The van der Waals surface area contributed by atoms with Crippen molar-refractivity contribution in [3.63, 3.8) is 0 Å². The Bertz CT molecular complexity index is 277. The van der Waals surface area contributed by atoms with Gasteiger partial charge in [0, 0.05) is 25.0 Å². The third-order valence-electron chi connectivity index (χ3n) is 1.37. The van der Waals surface area contributed by atoms with Gasteiger partial charge in [-0.1, -0.05) is 0 Å². The molecule has 0 spiro atoms. The molecule has 0 atom stereocenters. The Morgan fingerprint density at radius 2 is 2.40 bits per heavy atom. The van der Waals surface area contributed by atoms with Crippen molar-refractivity contribution in [2.45, 2.75) is 13.5 Å². The Morgan fingerprint density at radius 1 is 1.70 bits per heavy atom. The predicted octanol–water partition coefficient (Wildman–Crippen LogP) is 0.450. The molecular formula is C7H10N2O. The fourth-order valence-electron chi connectivity index (χ4n) is 0.742. The van der Waals surface area contributed by atoms with E-state index in [1.165, 1.54) is 6.07 Å². The summed E-state index contributed by atoms with van der Waals surface area (Å²) in [5.41, 5.74) is 5.57. The highest BCUT2D eigenvalue weighted by molar-refractivity contribution is 5.33. The SMILES string of the molecule is CCn1ccc(=O)c(N)c1. The Kier molecular flexibility index (Phi) is 1.76. The smallest absolute Gasteiger partial charge is 0.204 e. The number of pyridine rings is 1. The molecule has 0 aliphatic rings. The van der Waals surface area contributed by atoms with Gasteiger partial charge in [-0.3, -0.25) is 4.79 Å². The van der Waals surface area contributed by atoms with Crippen LogP contribution < -0.4 is 11.2 Å². The summed E-state index contributed by atoms with van der Waals surface area (Å²) in [6.07, 6.45) is 3.36. The van der Waals surface area contributed by atoms with Gasteiger partial charge in [0.2, 0.25) is 5.43 Å². The molecule has 0 fully saturated rings. The average Bonchev–Trinajstić information content (AvgIpc) is 1.95. The van der Waals surface area contributed by atoms with Crippen molar-refractivity contribution in [1.29, 1.82) is 0 Å². The van der Waals surface area contributed by atoms with Gasteiger partial charge in [0.15, 0.2) is 0 Å². The molecule has 0 bridgehead atoms. The van der Waals surface area contributed by atoms with Crippen LogP contribution in [-0.2, 0) is 6.54 Å². The second-order valence-corrected chi connectivity index (χ2v) is 2.09. The second kappa shape index (κ2) is 2.56. The van der Waals surface area contributed by atoms with E-state index in [0.717, 1.165) is 6.54 Å². The highest BCUT2D eigenvalue weighted by Crippen LogP contribution is 1.91. The minimum Gasteiger partial charge on any atom is -0.394 e. The van der Waals surface area contributed by atoms with E-state index < -0.39 is 0 Å². The predicted molar refractivity (Wildman–Crippen MR) is 40.8 cm³/mol. The lowest BCUT2D eigenvalue weighted by atomic mass is 10.4. The summed E-state index contributed by atoms with van der Waals surface area (Å²) in [6, 6.07) is 1.47. The van der Waals surface area contributed by atoms with Gasteiger partial charge in [0.25, 0.3) is 0 Å². The number of hydrogen-bond donors (Lipinski definition) is 1. The number of anilines is 1. The summed E-state index contributed by atoms with van der Waals surface area (Å²) in [5.74, 6) is 0. The van der Waals surface area contributed by atoms with Gasteiger partial charge in [0.05, 0.1) is 5.69 Å². The minimum atomic E-state index is -0.107. The van der Waals surface area contributed by atoms with E-state index >= 15 is 0 Å². The highest BCUT2D eigenvalue weighted by Gasteiger charge is 1.90. The van der Waals surface area contributed by atoms with E-state index in [9.17, 15) is 4.79 Å². The zero-order valence-electron chi connectivity index (χ0n) is 5.87. The topological polar surface area (TPSA) is 48.0 Å². The third-order valence-corrected chi connectivity index (χ3v) is 1.37. The Balaban J connectivity index is 3.17. The van der Waals surface area contributed by atoms with Crippen LogP contribution in [0.2, 0.25) is 0 Å². The maximum Gasteiger partial charge on any atom is 0.204 e. The molecule has 1 rings (SSSR count). The fourth-order valence-corrected chi connectivity index (χ4v) is 0.742. The lowest BCUT2D eigenvalue weighted by Crippen LogP contribution is -2.09. The highest BCUT2D eigenvalue weighted by atomic mass is 16.1. The normalized spacial score (nSPS) is 9.70. The van der Waals surface area contributed by atoms with Gasteiger partial charge in [-0.05, 0) is 6.92 Å². The van der Waals surface area contributed by atoms with Gasteiger partial charge >= 0.3 is 0 Å². The molecule has 1 heterocycles. The summed E-state index contributed by atoms with van der Waals surface area (Å²) >= 11 is 0. The molecule has 0 amide bonds. The molecule has 0 aromatic carbocycles. The van der Waals surface area contributed by atoms with Crippen molar-refractivity contribution >= 4 is 5.69 Å². The first-order valence-corrected chi connectivity index (χ1v) is 3.19. The molecule has 10 heavy (non-hydrogen) atoms. The first kappa shape index (κ1) is 6.86. The average molecular weight is 138 g/mol. The standard InChI is InChI=1S/C7H10N2O/c1-2-9-4-3-7(10)6(8)5-9/h3-5H,2,8H2,1H3. The van der Waals surface area contributed by atoms with Crippen LogP contribution in [0.5, 0.6) is 0 Å². The van der Waals surface area contributed by atoms with Crippen LogP contribution in [0.25, 0.3) is 0 Å². The summed E-state index contributed by atoms with van der Waals surface area (Å²) in [5, 5.41) is 0. The van der Waals surface area contributed by atoms with Crippen LogP contribution in [-0.4, -0.2) is 4.57 Å². The van der Waals surface area contributed by atoms with E-state index in [-0.39, 0.29) is 5.43 Å². The van der Waals surface area contributed by atoms with E-state index in [1.807, 2.05) is 11.5 Å².